The predicted molar refractivity (Wildman–Crippen MR) is 104 cm³/mol. The van der Waals surface area contributed by atoms with Gasteiger partial charge in [0.15, 0.2) is 0 Å². The molecule has 5 heteroatoms. The number of benzene rings is 2. The molecule has 0 radical (unpaired) electrons. The molecule has 1 amide bonds. The minimum Gasteiger partial charge on any atom is -0.494 e. The zero-order valence-electron chi connectivity index (χ0n) is 14.8. The third-order valence-electron chi connectivity index (χ3n) is 3.88. The Morgan fingerprint density at radius 2 is 1.56 bits per heavy atom. The van der Waals surface area contributed by atoms with E-state index in [-0.39, 0.29) is 18.3 Å². The van der Waals surface area contributed by atoms with Gasteiger partial charge in [-0.2, -0.15) is 0 Å². The standard InChI is InChI=1S/C20H26N2O2.ClH/c1-15-5-9-17(10-6-15)19(21)20(23)22-13-3-4-14-24-18-11-7-16(2)8-12-18;/h5-12,19H,3-4,13-14,21H2,1-2H3,(H,22,23);1H. The van der Waals surface area contributed by atoms with Crippen LogP contribution in [0.2, 0.25) is 0 Å². The minimum atomic E-state index is -0.616. The fraction of sp³-hybridized carbons (Fsp3) is 0.350. The van der Waals surface area contributed by atoms with Gasteiger partial charge in [-0.1, -0.05) is 47.5 Å². The highest BCUT2D eigenvalue weighted by atomic mass is 35.5. The molecule has 0 spiro atoms. The summed E-state index contributed by atoms with van der Waals surface area (Å²) in [7, 11) is 0. The first-order chi connectivity index (χ1) is 11.6. The second-order valence-electron chi connectivity index (χ2n) is 6.05. The molecule has 0 saturated carbocycles. The number of aryl methyl sites for hydroxylation is 2. The van der Waals surface area contributed by atoms with Crippen molar-refractivity contribution in [3.63, 3.8) is 0 Å². The van der Waals surface area contributed by atoms with Gasteiger partial charge in [-0.05, 0) is 44.4 Å². The van der Waals surface area contributed by atoms with Crippen LogP contribution in [0.15, 0.2) is 48.5 Å². The van der Waals surface area contributed by atoms with Crippen LogP contribution in [0.25, 0.3) is 0 Å². The molecule has 0 aliphatic rings. The second-order valence-corrected chi connectivity index (χ2v) is 6.05. The Balaban J connectivity index is 0.00000312. The highest BCUT2D eigenvalue weighted by Crippen LogP contribution is 2.12. The molecule has 3 N–H and O–H groups in total. The molecular weight excluding hydrogens is 336 g/mol. The van der Waals surface area contributed by atoms with E-state index in [1.165, 1.54) is 5.56 Å². The number of hydrogen-bond donors (Lipinski definition) is 2. The molecule has 0 bridgehead atoms. The molecule has 25 heavy (non-hydrogen) atoms. The van der Waals surface area contributed by atoms with Crippen molar-refractivity contribution in [1.29, 1.82) is 0 Å². The fourth-order valence-corrected chi connectivity index (χ4v) is 2.30. The third kappa shape index (κ3) is 7.16. The largest absolute Gasteiger partial charge is 0.494 e. The normalized spacial score (nSPS) is 11.3. The molecule has 0 aliphatic carbocycles. The summed E-state index contributed by atoms with van der Waals surface area (Å²) in [5.74, 6) is 0.740. The lowest BCUT2D eigenvalue weighted by Crippen LogP contribution is -2.34. The van der Waals surface area contributed by atoms with Crippen molar-refractivity contribution in [2.75, 3.05) is 13.2 Å². The molecular formula is C20H27ClN2O2. The van der Waals surface area contributed by atoms with Crippen LogP contribution in [0.1, 0.15) is 35.6 Å². The van der Waals surface area contributed by atoms with E-state index >= 15 is 0 Å². The van der Waals surface area contributed by atoms with Crippen molar-refractivity contribution in [2.45, 2.75) is 32.7 Å². The zero-order valence-corrected chi connectivity index (χ0v) is 15.6. The van der Waals surface area contributed by atoms with Crippen LogP contribution < -0.4 is 15.8 Å². The molecule has 136 valence electrons. The van der Waals surface area contributed by atoms with E-state index in [9.17, 15) is 4.79 Å². The number of halogens is 1. The molecule has 0 aromatic heterocycles. The van der Waals surface area contributed by atoms with Crippen molar-refractivity contribution in [3.8, 4) is 5.75 Å². The van der Waals surface area contributed by atoms with E-state index < -0.39 is 6.04 Å². The summed E-state index contributed by atoms with van der Waals surface area (Å²) >= 11 is 0. The maximum absolute atomic E-state index is 12.0. The van der Waals surface area contributed by atoms with Gasteiger partial charge in [0.2, 0.25) is 5.91 Å². The van der Waals surface area contributed by atoms with Crippen LogP contribution in [0.5, 0.6) is 5.75 Å². The van der Waals surface area contributed by atoms with Crippen molar-refractivity contribution >= 4 is 18.3 Å². The number of nitrogens with two attached hydrogens (primary N) is 1. The second kappa shape index (κ2) is 10.7. The summed E-state index contributed by atoms with van der Waals surface area (Å²) in [5, 5.41) is 2.88. The molecule has 0 saturated heterocycles. The molecule has 0 fully saturated rings. The van der Waals surface area contributed by atoms with Gasteiger partial charge < -0.3 is 15.8 Å². The van der Waals surface area contributed by atoms with E-state index in [1.807, 2.05) is 62.4 Å². The Hall–Kier alpha value is -2.04. The van der Waals surface area contributed by atoms with Crippen molar-refractivity contribution in [3.05, 3.63) is 65.2 Å². The van der Waals surface area contributed by atoms with Crippen LogP contribution in [0.4, 0.5) is 0 Å². The van der Waals surface area contributed by atoms with Crippen LogP contribution in [0, 0.1) is 13.8 Å². The molecule has 1 atom stereocenters. The third-order valence-corrected chi connectivity index (χ3v) is 3.88. The molecule has 2 aromatic rings. The number of amides is 1. The van der Waals surface area contributed by atoms with Gasteiger partial charge in [-0.3, -0.25) is 4.79 Å². The number of carbonyl (C=O) groups is 1. The van der Waals surface area contributed by atoms with Crippen molar-refractivity contribution in [1.82, 2.24) is 5.32 Å². The Bertz CT molecular complexity index is 642. The Labute approximate surface area is 156 Å². The van der Waals surface area contributed by atoms with Gasteiger partial charge in [-0.15, -0.1) is 12.4 Å². The van der Waals surface area contributed by atoms with Gasteiger partial charge in [0.25, 0.3) is 0 Å². The van der Waals surface area contributed by atoms with Gasteiger partial charge in [-0.25, -0.2) is 0 Å². The number of nitrogens with one attached hydrogen (secondary N) is 1. The van der Waals surface area contributed by atoms with Crippen molar-refractivity contribution in [2.24, 2.45) is 5.73 Å². The number of rotatable bonds is 8. The first-order valence-corrected chi connectivity index (χ1v) is 8.35. The van der Waals surface area contributed by atoms with Crippen LogP contribution in [-0.2, 0) is 4.79 Å². The first kappa shape index (κ1) is 21.0. The van der Waals surface area contributed by atoms with Crippen LogP contribution in [0.3, 0.4) is 0 Å². The topological polar surface area (TPSA) is 64.3 Å². The molecule has 2 aromatic carbocycles. The monoisotopic (exact) mass is 362 g/mol. The number of carbonyl (C=O) groups excluding carboxylic acids is 1. The Morgan fingerprint density at radius 3 is 2.16 bits per heavy atom. The van der Waals surface area contributed by atoms with Gasteiger partial charge in [0.1, 0.15) is 11.8 Å². The van der Waals surface area contributed by atoms with E-state index in [0.717, 1.165) is 29.7 Å². The molecule has 1 unspecified atom stereocenters. The average Bonchev–Trinajstić information content (AvgIpc) is 2.59. The van der Waals surface area contributed by atoms with Crippen LogP contribution in [-0.4, -0.2) is 19.1 Å². The van der Waals surface area contributed by atoms with Gasteiger partial charge in [0, 0.05) is 6.54 Å². The zero-order chi connectivity index (χ0) is 17.4. The summed E-state index contributed by atoms with van der Waals surface area (Å²) in [6.45, 7) is 5.31. The van der Waals surface area contributed by atoms with E-state index in [2.05, 4.69) is 5.32 Å². The summed E-state index contributed by atoms with van der Waals surface area (Å²) in [6, 6.07) is 15.1. The first-order valence-electron chi connectivity index (χ1n) is 8.35. The maximum Gasteiger partial charge on any atom is 0.241 e. The summed E-state index contributed by atoms with van der Waals surface area (Å²) in [6.07, 6.45) is 1.74. The number of ether oxygens (including phenoxy) is 1. The minimum absolute atomic E-state index is 0. The van der Waals surface area contributed by atoms with E-state index in [4.69, 9.17) is 10.5 Å². The molecule has 4 nitrogen and oxygen atoms in total. The lowest BCUT2D eigenvalue weighted by Gasteiger charge is -2.13. The summed E-state index contributed by atoms with van der Waals surface area (Å²) in [4.78, 5) is 12.0. The lowest BCUT2D eigenvalue weighted by atomic mass is 10.1. The molecule has 2 rings (SSSR count). The van der Waals surface area contributed by atoms with Crippen molar-refractivity contribution < 1.29 is 9.53 Å². The summed E-state index contributed by atoms with van der Waals surface area (Å²) in [5.41, 5.74) is 9.19. The summed E-state index contributed by atoms with van der Waals surface area (Å²) < 4.78 is 5.66. The van der Waals surface area contributed by atoms with Crippen LogP contribution >= 0.6 is 12.4 Å². The average molecular weight is 363 g/mol. The fourth-order valence-electron chi connectivity index (χ4n) is 2.30. The Morgan fingerprint density at radius 1 is 1.00 bits per heavy atom. The van der Waals surface area contributed by atoms with E-state index in [1.54, 1.807) is 0 Å². The van der Waals surface area contributed by atoms with Gasteiger partial charge in [0.05, 0.1) is 6.61 Å². The Kier molecular flexibility index (Phi) is 9.03. The molecule has 0 aliphatic heterocycles. The predicted octanol–water partition coefficient (Wildman–Crippen LogP) is 3.70. The number of hydrogen-bond acceptors (Lipinski definition) is 3. The van der Waals surface area contributed by atoms with Gasteiger partial charge >= 0.3 is 0 Å². The van der Waals surface area contributed by atoms with E-state index in [0.29, 0.717) is 13.2 Å². The SMILES string of the molecule is Cc1ccc(OCCCCNC(=O)C(N)c2ccc(C)cc2)cc1.Cl. The maximum atomic E-state index is 12.0. The smallest absolute Gasteiger partial charge is 0.241 e. The highest BCUT2D eigenvalue weighted by Gasteiger charge is 2.14. The molecule has 0 heterocycles. The highest BCUT2D eigenvalue weighted by molar-refractivity contribution is 5.85. The number of unbranched alkanes of at least 4 members (excludes halogenated alkanes) is 1. The quantitative estimate of drug-likeness (QED) is 0.704. The lowest BCUT2D eigenvalue weighted by molar-refractivity contribution is -0.122.